The summed E-state index contributed by atoms with van der Waals surface area (Å²) in [6, 6.07) is 9.79. The summed E-state index contributed by atoms with van der Waals surface area (Å²) in [5, 5.41) is 2.76. The normalized spacial score (nSPS) is 14.0. The minimum Gasteiger partial charge on any atom is -0.497 e. The molecule has 0 unspecified atom stereocenters. The zero-order valence-corrected chi connectivity index (χ0v) is 15.8. The van der Waals surface area contributed by atoms with E-state index in [1.807, 2.05) is 19.1 Å². The summed E-state index contributed by atoms with van der Waals surface area (Å²) in [6.45, 7) is 9.22. The van der Waals surface area contributed by atoms with E-state index in [4.69, 9.17) is 4.74 Å². The van der Waals surface area contributed by atoms with Crippen molar-refractivity contribution in [3.8, 4) is 5.75 Å². The number of hydrogen-bond donors (Lipinski definition) is 1. The molecule has 1 fully saturated rings. The van der Waals surface area contributed by atoms with Crippen molar-refractivity contribution in [2.75, 3.05) is 49.6 Å². The zero-order valence-electron chi connectivity index (χ0n) is 15.8. The molecule has 142 valence electrons. The Kier molecular flexibility index (Phi) is 5.90. The lowest BCUT2D eigenvalue weighted by atomic mass is 10.2. The van der Waals surface area contributed by atoms with E-state index in [9.17, 15) is 4.79 Å². The van der Waals surface area contributed by atoms with Crippen molar-refractivity contribution in [3.05, 3.63) is 54.4 Å². The molecule has 1 aromatic heterocycles. The van der Waals surface area contributed by atoms with Crippen LogP contribution in [0.3, 0.4) is 0 Å². The van der Waals surface area contributed by atoms with Gasteiger partial charge in [0.05, 0.1) is 7.11 Å². The second-order valence-corrected chi connectivity index (χ2v) is 6.37. The zero-order chi connectivity index (χ0) is 19.2. The van der Waals surface area contributed by atoms with E-state index in [0.29, 0.717) is 18.2 Å². The number of ether oxygens (including phenoxy) is 1. The third-order valence-corrected chi connectivity index (χ3v) is 4.48. The van der Waals surface area contributed by atoms with Crippen LogP contribution in [0.2, 0.25) is 0 Å². The summed E-state index contributed by atoms with van der Waals surface area (Å²) in [5.41, 5.74) is 2.34. The van der Waals surface area contributed by atoms with Gasteiger partial charge >= 0.3 is 0 Å². The molecule has 1 amide bonds. The molecule has 2 heterocycles. The van der Waals surface area contributed by atoms with E-state index in [2.05, 4.69) is 43.8 Å². The van der Waals surface area contributed by atoms with Crippen LogP contribution < -0.4 is 19.9 Å². The fourth-order valence-electron chi connectivity index (χ4n) is 3.02. The van der Waals surface area contributed by atoms with Gasteiger partial charge in [-0.3, -0.25) is 4.79 Å². The van der Waals surface area contributed by atoms with Crippen LogP contribution in [-0.2, 0) is 0 Å². The van der Waals surface area contributed by atoms with Gasteiger partial charge < -0.3 is 19.9 Å². The fourth-order valence-corrected chi connectivity index (χ4v) is 3.02. The third kappa shape index (κ3) is 4.55. The van der Waals surface area contributed by atoms with Crippen molar-refractivity contribution in [1.82, 2.24) is 15.3 Å². The van der Waals surface area contributed by atoms with Gasteiger partial charge in [-0.05, 0) is 37.3 Å². The van der Waals surface area contributed by atoms with E-state index < -0.39 is 0 Å². The molecule has 7 nitrogen and oxygen atoms in total. The van der Waals surface area contributed by atoms with E-state index >= 15 is 0 Å². The molecule has 0 atom stereocenters. The number of rotatable bonds is 6. The molecule has 1 saturated heterocycles. The lowest BCUT2D eigenvalue weighted by Crippen LogP contribution is -2.47. The average Bonchev–Trinajstić information content (AvgIpc) is 2.71. The molecular formula is C20H25N5O2. The Balaban J connectivity index is 1.67. The Morgan fingerprint density at radius 3 is 2.48 bits per heavy atom. The second kappa shape index (κ2) is 8.53. The number of carbonyl (C=O) groups is 1. The molecule has 2 aromatic rings. The van der Waals surface area contributed by atoms with E-state index in [1.54, 1.807) is 19.3 Å². The van der Waals surface area contributed by atoms with Gasteiger partial charge in [-0.25, -0.2) is 9.97 Å². The number of amides is 1. The Morgan fingerprint density at radius 1 is 1.19 bits per heavy atom. The number of nitrogens with one attached hydrogen (secondary N) is 1. The summed E-state index contributed by atoms with van der Waals surface area (Å²) in [4.78, 5) is 25.6. The fraction of sp³-hybridized carbons (Fsp3) is 0.350. The maximum Gasteiger partial charge on any atom is 0.270 e. The third-order valence-electron chi connectivity index (χ3n) is 4.48. The Morgan fingerprint density at radius 2 is 1.85 bits per heavy atom. The van der Waals surface area contributed by atoms with Crippen molar-refractivity contribution < 1.29 is 9.53 Å². The van der Waals surface area contributed by atoms with Gasteiger partial charge in [0.2, 0.25) is 5.95 Å². The molecular weight excluding hydrogens is 342 g/mol. The van der Waals surface area contributed by atoms with Crippen molar-refractivity contribution in [2.45, 2.75) is 6.92 Å². The minimum atomic E-state index is -0.210. The largest absolute Gasteiger partial charge is 0.497 e. The number of anilines is 2. The highest BCUT2D eigenvalue weighted by molar-refractivity contribution is 5.92. The van der Waals surface area contributed by atoms with Crippen LogP contribution >= 0.6 is 0 Å². The molecule has 1 aliphatic heterocycles. The predicted molar refractivity (Wildman–Crippen MR) is 107 cm³/mol. The van der Waals surface area contributed by atoms with Crippen molar-refractivity contribution >= 4 is 17.5 Å². The van der Waals surface area contributed by atoms with Gasteiger partial charge in [0.15, 0.2) is 0 Å². The first-order chi connectivity index (χ1) is 13.1. The summed E-state index contributed by atoms with van der Waals surface area (Å²) in [7, 11) is 1.67. The van der Waals surface area contributed by atoms with Crippen LogP contribution in [0.15, 0.2) is 43.0 Å². The average molecular weight is 367 g/mol. The summed E-state index contributed by atoms with van der Waals surface area (Å²) < 4.78 is 5.22. The number of aryl methyl sites for hydroxylation is 1. The van der Waals surface area contributed by atoms with Gasteiger partial charge in [0, 0.05) is 44.1 Å². The number of benzene rings is 1. The standard InChI is InChI=1S/C20H25N5O2/c1-4-9-21-19(26)18-14-15(2)22-20(23-18)25-12-10-24(11-13-25)16-5-7-17(27-3)8-6-16/h4-8,14H,1,9-13H2,2-3H3,(H,21,26). The first-order valence-electron chi connectivity index (χ1n) is 8.99. The number of hydrogen-bond acceptors (Lipinski definition) is 6. The molecule has 0 radical (unpaired) electrons. The summed E-state index contributed by atoms with van der Waals surface area (Å²) in [6.07, 6.45) is 1.64. The van der Waals surface area contributed by atoms with Crippen molar-refractivity contribution in [2.24, 2.45) is 0 Å². The van der Waals surface area contributed by atoms with Gasteiger partial charge in [0.1, 0.15) is 11.4 Å². The number of carbonyl (C=O) groups excluding carboxylic acids is 1. The highest BCUT2D eigenvalue weighted by Gasteiger charge is 2.21. The maximum absolute atomic E-state index is 12.2. The quantitative estimate of drug-likeness (QED) is 0.788. The number of aromatic nitrogens is 2. The second-order valence-electron chi connectivity index (χ2n) is 6.37. The van der Waals surface area contributed by atoms with Gasteiger partial charge in [-0.1, -0.05) is 6.08 Å². The molecule has 7 heteroatoms. The highest BCUT2D eigenvalue weighted by Crippen LogP contribution is 2.21. The van der Waals surface area contributed by atoms with Gasteiger partial charge in [0.25, 0.3) is 5.91 Å². The van der Waals surface area contributed by atoms with Crippen LogP contribution in [0.25, 0.3) is 0 Å². The Bertz CT molecular complexity index is 799. The minimum absolute atomic E-state index is 0.210. The van der Waals surface area contributed by atoms with Crippen LogP contribution in [0.1, 0.15) is 16.2 Å². The topological polar surface area (TPSA) is 70.6 Å². The molecule has 0 saturated carbocycles. The number of piperazine rings is 1. The first-order valence-corrected chi connectivity index (χ1v) is 8.99. The SMILES string of the molecule is C=CCNC(=O)c1cc(C)nc(N2CCN(c3ccc(OC)cc3)CC2)n1. The van der Waals surface area contributed by atoms with Gasteiger partial charge in [-0.2, -0.15) is 0 Å². The van der Waals surface area contributed by atoms with E-state index in [-0.39, 0.29) is 5.91 Å². The number of methoxy groups -OCH3 is 1. The summed E-state index contributed by atoms with van der Waals surface area (Å²) in [5.74, 6) is 1.25. The first kappa shape index (κ1) is 18.7. The van der Waals surface area contributed by atoms with Crippen molar-refractivity contribution in [1.29, 1.82) is 0 Å². The number of nitrogens with zero attached hydrogens (tertiary/aromatic N) is 4. The molecule has 3 rings (SSSR count). The highest BCUT2D eigenvalue weighted by atomic mass is 16.5. The van der Waals surface area contributed by atoms with Crippen LogP contribution in [-0.4, -0.2) is 55.7 Å². The van der Waals surface area contributed by atoms with Crippen molar-refractivity contribution in [3.63, 3.8) is 0 Å². The predicted octanol–water partition coefficient (Wildman–Crippen LogP) is 2.04. The smallest absolute Gasteiger partial charge is 0.270 e. The lowest BCUT2D eigenvalue weighted by molar-refractivity contribution is 0.0953. The lowest BCUT2D eigenvalue weighted by Gasteiger charge is -2.36. The molecule has 1 N–H and O–H groups in total. The van der Waals surface area contributed by atoms with Gasteiger partial charge in [-0.15, -0.1) is 6.58 Å². The molecule has 1 aliphatic rings. The monoisotopic (exact) mass is 367 g/mol. The summed E-state index contributed by atoms with van der Waals surface area (Å²) >= 11 is 0. The van der Waals surface area contributed by atoms with Crippen LogP contribution in [0.5, 0.6) is 5.75 Å². The molecule has 27 heavy (non-hydrogen) atoms. The Labute approximate surface area is 159 Å². The molecule has 1 aromatic carbocycles. The Hall–Kier alpha value is -3.09. The molecule has 0 spiro atoms. The van der Waals surface area contributed by atoms with E-state index in [1.165, 1.54) is 5.69 Å². The maximum atomic E-state index is 12.2. The van der Waals surface area contributed by atoms with Crippen LogP contribution in [0, 0.1) is 6.92 Å². The molecule has 0 aliphatic carbocycles. The van der Waals surface area contributed by atoms with E-state index in [0.717, 1.165) is 37.6 Å². The van der Waals surface area contributed by atoms with Crippen LogP contribution in [0.4, 0.5) is 11.6 Å². The molecule has 0 bridgehead atoms.